The second-order valence-electron chi connectivity index (χ2n) is 9.04. The molecule has 1 amide bonds. The third kappa shape index (κ3) is 11.4. The fourth-order valence-corrected chi connectivity index (χ4v) is 3.62. The van der Waals surface area contributed by atoms with Crippen LogP contribution >= 0.6 is 0 Å². The van der Waals surface area contributed by atoms with Crippen molar-refractivity contribution >= 4 is 12.1 Å². The summed E-state index contributed by atoms with van der Waals surface area (Å²) < 4.78 is 17.1. The van der Waals surface area contributed by atoms with Gasteiger partial charge in [0.2, 0.25) is 0 Å². The lowest BCUT2D eigenvalue weighted by atomic mass is 10.1. The second-order valence-corrected chi connectivity index (χ2v) is 9.04. The topological polar surface area (TPSA) is 86.4 Å². The third-order valence-electron chi connectivity index (χ3n) is 5.51. The highest BCUT2D eigenvalue weighted by atomic mass is 16.5. The van der Waals surface area contributed by atoms with Crippen LogP contribution in [0.15, 0.2) is 59.7 Å². The van der Waals surface area contributed by atoms with Gasteiger partial charge in [0.15, 0.2) is 11.5 Å². The van der Waals surface area contributed by atoms with Gasteiger partial charge in [-0.25, -0.2) is 0 Å². The second kappa shape index (κ2) is 17.9. The first-order valence-corrected chi connectivity index (χ1v) is 13.0. The summed E-state index contributed by atoms with van der Waals surface area (Å²) in [6, 6.07) is 13.2. The molecule has 0 spiro atoms. The van der Waals surface area contributed by atoms with Gasteiger partial charge in [-0.15, -0.1) is 0 Å². The van der Waals surface area contributed by atoms with Crippen molar-refractivity contribution in [1.29, 1.82) is 0 Å². The van der Waals surface area contributed by atoms with Crippen molar-refractivity contribution in [2.24, 2.45) is 10.9 Å². The zero-order chi connectivity index (χ0) is 27.6. The number of ether oxygens (including phenoxy) is 3. The molecule has 2 rings (SSSR count). The molecule has 2 aromatic carbocycles. The molecule has 7 heteroatoms. The number of hydrogen-bond donors (Lipinski definition) is 1. The summed E-state index contributed by atoms with van der Waals surface area (Å²) in [5.41, 5.74) is 1.54. The van der Waals surface area contributed by atoms with Gasteiger partial charge < -0.3 is 25.0 Å². The molecular weight excluding hydrogens is 466 g/mol. The van der Waals surface area contributed by atoms with E-state index in [1.54, 1.807) is 25.5 Å². The van der Waals surface area contributed by atoms with Crippen LogP contribution in [0.3, 0.4) is 0 Å². The molecule has 0 aliphatic rings. The lowest BCUT2D eigenvalue weighted by Gasteiger charge is -2.31. The van der Waals surface area contributed by atoms with Crippen LogP contribution in [0, 0.1) is 0 Å². The van der Waals surface area contributed by atoms with Crippen molar-refractivity contribution in [3.63, 3.8) is 0 Å². The minimum atomic E-state index is -0.00741. The molecular formula is C30H45N3O4. The highest BCUT2D eigenvalue weighted by Crippen LogP contribution is 2.29. The number of unbranched alkanes of at least 4 members (excludes halogenated alkanes) is 2. The fourth-order valence-electron chi connectivity index (χ4n) is 3.62. The van der Waals surface area contributed by atoms with Crippen molar-refractivity contribution in [2.75, 3.05) is 20.3 Å². The lowest BCUT2D eigenvalue weighted by molar-refractivity contribution is 0.0643. The van der Waals surface area contributed by atoms with Gasteiger partial charge in [0.1, 0.15) is 5.75 Å². The maximum Gasteiger partial charge on any atom is 0.254 e. The molecule has 0 aliphatic heterocycles. The molecule has 2 N–H and O–H groups in total. The monoisotopic (exact) mass is 511 g/mol. The Bertz CT molecular complexity index is 957. The molecule has 0 atom stereocenters. The van der Waals surface area contributed by atoms with E-state index < -0.39 is 0 Å². The molecule has 204 valence electrons. The first-order valence-electron chi connectivity index (χ1n) is 13.0. The number of hydrogen-bond acceptors (Lipinski definition) is 6. The molecule has 2 aromatic rings. The van der Waals surface area contributed by atoms with Gasteiger partial charge >= 0.3 is 0 Å². The Morgan fingerprint density at radius 1 is 0.892 bits per heavy atom. The molecule has 0 bridgehead atoms. The van der Waals surface area contributed by atoms with Gasteiger partial charge in [-0.05, 0) is 109 Å². The Balaban J connectivity index is 0.00000159. The number of carbonyl (C=O) groups is 1. The first kappa shape index (κ1) is 31.5. The predicted molar refractivity (Wildman–Crippen MR) is 153 cm³/mol. The summed E-state index contributed by atoms with van der Waals surface area (Å²) in [7, 11) is 1.59. The van der Waals surface area contributed by atoms with E-state index in [0.29, 0.717) is 30.3 Å². The van der Waals surface area contributed by atoms with Gasteiger partial charge in [0, 0.05) is 17.6 Å². The van der Waals surface area contributed by atoms with Crippen LogP contribution < -0.4 is 20.1 Å². The minimum Gasteiger partial charge on any atom is -0.494 e. The van der Waals surface area contributed by atoms with Crippen LogP contribution in [0.4, 0.5) is 0 Å². The number of nitrogens with two attached hydrogens (primary N) is 1. The van der Waals surface area contributed by atoms with Crippen LogP contribution in [0.25, 0.3) is 0 Å². The van der Waals surface area contributed by atoms with Gasteiger partial charge in [0.05, 0.1) is 26.5 Å². The zero-order valence-corrected chi connectivity index (χ0v) is 23.6. The molecule has 0 aliphatic carbocycles. The first-order chi connectivity index (χ1) is 17.8. The molecule has 0 aromatic heterocycles. The fraction of sp³-hybridized carbons (Fsp3) is 0.467. The number of amides is 1. The van der Waals surface area contributed by atoms with E-state index in [4.69, 9.17) is 20.1 Å². The summed E-state index contributed by atoms with van der Waals surface area (Å²) in [4.78, 5) is 14.8. The summed E-state index contributed by atoms with van der Waals surface area (Å²) in [5.74, 6) is 7.18. The van der Waals surface area contributed by atoms with Gasteiger partial charge in [-0.3, -0.25) is 4.79 Å². The van der Waals surface area contributed by atoms with Crippen molar-refractivity contribution in [1.82, 2.24) is 4.90 Å². The van der Waals surface area contributed by atoms with E-state index in [0.717, 1.165) is 30.6 Å². The van der Waals surface area contributed by atoms with E-state index in [1.165, 1.54) is 0 Å². The van der Waals surface area contributed by atoms with Crippen molar-refractivity contribution in [2.45, 2.75) is 72.9 Å². The summed E-state index contributed by atoms with van der Waals surface area (Å²) in [6.45, 7) is 13.3. The van der Waals surface area contributed by atoms with Crippen LogP contribution in [-0.2, 0) is 0 Å². The lowest BCUT2D eigenvalue weighted by Crippen LogP contribution is -2.42. The number of allylic oxidation sites excluding steroid dienone is 2. The number of rotatable bonds is 13. The largest absolute Gasteiger partial charge is 0.494 e. The van der Waals surface area contributed by atoms with Crippen molar-refractivity contribution in [3.05, 3.63) is 65.7 Å². The Labute approximate surface area is 223 Å². The quantitative estimate of drug-likeness (QED) is 0.110. The molecule has 7 nitrogen and oxygen atoms in total. The molecule has 37 heavy (non-hydrogen) atoms. The smallest absolute Gasteiger partial charge is 0.254 e. The Morgan fingerprint density at radius 2 is 1.49 bits per heavy atom. The molecule has 0 unspecified atom stereocenters. The van der Waals surface area contributed by atoms with Gasteiger partial charge in [0.25, 0.3) is 5.91 Å². The van der Waals surface area contributed by atoms with E-state index >= 15 is 0 Å². The van der Waals surface area contributed by atoms with Crippen molar-refractivity contribution in [3.8, 4) is 17.2 Å². The highest BCUT2D eigenvalue weighted by molar-refractivity contribution is 5.95. The van der Waals surface area contributed by atoms with Crippen molar-refractivity contribution < 1.29 is 19.0 Å². The Kier molecular flexibility index (Phi) is 15.2. The highest BCUT2D eigenvalue weighted by Gasteiger charge is 2.22. The van der Waals surface area contributed by atoms with Crippen LogP contribution in [-0.4, -0.2) is 49.4 Å². The minimum absolute atomic E-state index is 0.00741. The molecule has 0 radical (unpaired) electrons. The Morgan fingerprint density at radius 3 is 2.00 bits per heavy atom. The average molecular weight is 512 g/mol. The molecule has 0 fully saturated rings. The maximum atomic E-state index is 12.9. The normalized spacial score (nSPS) is 11.1. The van der Waals surface area contributed by atoms with Crippen LogP contribution in [0.5, 0.6) is 17.2 Å². The number of benzene rings is 2. The van der Waals surface area contributed by atoms with E-state index in [9.17, 15) is 4.79 Å². The van der Waals surface area contributed by atoms with E-state index in [1.807, 2.05) is 88.9 Å². The number of hydrazone groups is 1. The number of nitrogens with zero attached hydrogens (tertiary/aromatic N) is 2. The standard InChI is InChI=1S/C26H37N3O4.C4H8/c1-19(2)29(20(3)4)26(30)22-11-14-24(25(17-22)31-5)33-16-8-6-7-15-32-23-12-9-21(10-13-23)18-28-27;1-3-4-2/h9-14,17-20H,6-8,15-16,27H2,1-5H3;3-4H,1-2H3. The number of methoxy groups -OCH3 is 1. The van der Waals surface area contributed by atoms with E-state index in [-0.39, 0.29) is 18.0 Å². The predicted octanol–water partition coefficient (Wildman–Crippen LogP) is 6.46. The summed E-state index contributed by atoms with van der Waals surface area (Å²) in [6.07, 6.45) is 8.40. The maximum absolute atomic E-state index is 12.9. The summed E-state index contributed by atoms with van der Waals surface area (Å²) in [5, 5.41) is 3.50. The SMILES string of the molecule is CC=CC.COc1cc(C(=O)N(C(C)C)C(C)C)ccc1OCCCCCOc1ccc(C=NN)cc1. The Hall–Kier alpha value is -3.48. The van der Waals surface area contributed by atoms with Crippen LogP contribution in [0.2, 0.25) is 0 Å². The number of carbonyl (C=O) groups excluding carboxylic acids is 1. The van der Waals surface area contributed by atoms with Gasteiger partial charge in [-0.2, -0.15) is 5.10 Å². The van der Waals surface area contributed by atoms with Crippen LogP contribution in [0.1, 0.15) is 76.7 Å². The van der Waals surface area contributed by atoms with Gasteiger partial charge in [-0.1, -0.05) is 12.2 Å². The molecule has 0 saturated carbocycles. The molecule has 0 heterocycles. The zero-order valence-electron chi connectivity index (χ0n) is 23.6. The molecule has 0 saturated heterocycles. The van der Waals surface area contributed by atoms with E-state index in [2.05, 4.69) is 5.10 Å². The third-order valence-corrected chi connectivity index (χ3v) is 5.51. The summed E-state index contributed by atoms with van der Waals surface area (Å²) >= 11 is 0. The average Bonchev–Trinajstić information content (AvgIpc) is 2.89.